The fourth-order valence-electron chi connectivity index (χ4n) is 1.04. The Kier molecular flexibility index (Phi) is 3.81. The summed E-state index contributed by atoms with van der Waals surface area (Å²) >= 11 is 0. The molecule has 3 heteroatoms. The van der Waals surface area contributed by atoms with Gasteiger partial charge in [0, 0.05) is 23.4 Å². The Morgan fingerprint density at radius 3 is 2.40 bits per heavy atom. The van der Waals surface area contributed by atoms with Gasteiger partial charge in [-0.2, -0.15) is 0 Å². The molecule has 0 radical (unpaired) electrons. The highest BCUT2D eigenvalue weighted by molar-refractivity contribution is 5.08. The van der Waals surface area contributed by atoms with Crippen molar-refractivity contribution in [3.63, 3.8) is 0 Å². The zero-order valence-electron chi connectivity index (χ0n) is 9.45. The average Bonchev–Trinajstić information content (AvgIpc) is 2.18. The van der Waals surface area contributed by atoms with Crippen LogP contribution in [0.2, 0.25) is 0 Å². The number of terminal acetylenes is 1. The van der Waals surface area contributed by atoms with Crippen LogP contribution in [0.15, 0.2) is 12.4 Å². The molecule has 0 aliphatic heterocycles. The van der Waals surface area contributed by atoms with Gasteiger partial charge in [0.05, 0.1) is 6.61 Å². The summed E-state index contributed by atoms with van der Waals surface area (Å²) in [6, 6.07) is 0. The lowest BCUT2D eigenvalue weighted by atomic mass is 9.96. The van der Waals surface area contributed by atoms with E-state index in [1.807, 2.05) is 0 Å². The zero-order chi connectivity index (χ0) is 11.3. The van der Waals surface area contributed by atoms with E-state index in [0.29, 0.717) is 13.2 Å². The van der Waals surface area contributed by atoms with E-state index in [9.17, 15) is 0 Å². The first-order valence-electron chi connectivity index (χ1n) is 4.86. The fraction of sp³-hybridized carbons (Fsp3) is 0.500. The molecule has 0 unspecified atom stereocenters. The minimum absolute atomic E-state index is 0.0157. The number of rotatable bonds is 3. The summed E-state index contributed by atoms with van der Waals surface area (Å²) in [4.78, 5) is 8.57. The highest BCUT2D eigenvalue weighted by atomic mass is 16.5. The molecule has 1 heterocycles. The minimum atomic E-state index is -0.0157. The smallest absolute Gasteiger partial charge is 0.133 e. The molecule has 0 aliphatic carbocycles. The van der Waals surface area contributed by atoms with Crippen LogP contribution in [0.3, 0.4) is 0 Å². The molecule has 0 fully saturated rings. The second kappa shape index (κ2) is 4.90. The molecule has 1 aromatic rings. The molecule has 0 saturated heterocycles. The molecule has 0 spiro atoms. The van der Waals surface area contributed by atoms with Crippen LogP contribution in [0.5, 0.6) is 0 Å². The summed E-state index contributed by atoms with van der Waals surface area (Å²) in [5.74, 6) is 3.25. The predicted molar refractivity (Wildman–Crippen MR) is 59.2 cm³/mol. The molecule has 0 aliphatic rings. The first-order chi connectivity index (χ1) is 7.04. The highest BCUT2D eigenvalue weighted by Gasteiger charge is 2.16. The topological polar surface area (TPSA) is 35.0 Å². The van der Waals surface area contributed by atoms with Gasteiger partial charge in [-0.3, -0.25) is 0 Å². The molecule has 3 nitrogen and oxygen atoms in total. The first-order valence-corrected chi connectivity index (χ1v) is 4.86. The van der Waals surface area contributed by atoms with Crippen LogP contribution in [-0.4, -0.2) is 16.6 Å². The third kappa shape index (κ3) is 3.69. The Bertz CT molecular complexity index is 343. The van der Waals surface area contributed by atoms with Crippen LogP contribution in [0, 0.1) is 12.3 Å². The van der Waals surface area contributed by atoms with Gasteiger partial charge >= 0.3 is 0 Å². The second-order valence-electron chi connectivity index (χ2n) is 4.36. The van der Waals surface area contributed by atoms with E-state index in [0.717, 1.165) is 11.4 Å². The summed E-state index contributed by atoms with van der Waals surface area (Å²) in [7, 11) is 0. The molecular weight excluding hydrogens is 188 g/mol. The molecule has 0 amide bonds. The average molecular weight is 204 g/mol. The monoisotopic (exact) mass is 204 g/mol. The maximum absolute atomic E-state index is 5.18. The number of hydrogen-bond acceptors (Lipinski definition) is 3. The van der Waals surface area contributed by atoms with Crippen molar-refractivity contribution in [1.29, 1.82) is 0 Å². The van der Waals surface area contributed by atoms with Crippen LogP contribution in [0.4, 0.5) is 0 Å². The Morgan fingerprint density at radius 1 is 1.33 bits per heavy atom. The summed E-state index contributed by atoms with van der Waals surface area (Å²) in [6.07, 6.45) is 8.63. The van der Waals surface area contributed by atoms with Gasteiger partial charge in [-0.25, -0.2) is 9.97 Å². The Hall–Kier alpha value is -1.40. The molecule has 80 valence electrons. The van der Waals surface area contributed by atoms with Gasteiger partial charge in [0.1, 0.15) is 12.4 Å². The molecule has 0 aromatic carbocycles. The molecular formula is C12H16N2O. The lowest BCUT2D eigenvalue weighted by molar-refractivity contribution is 0.153. The summed E-state index contributed by atoms with van der Waals surface area (Å²) in [6.45, 7) is 7.03. The van der Waals surface area contributed by atoms with Gasteiger partial charge in [0.25, 0.3) is 0 Å². The minimum Gasteiger partial charge on any atom is -0.364 e. The van der Waals surface area contributed by atoms with E-state index in [4.69, 9.17) is 11.2 Å². The highest BCUT2D eigenvalue weighted by Crippen LogP contribution is 2.17. The normalized spacial score (nSPS) is 11.1. The van der Waals surface area contributed by atoms with Crippen LogP contribution in [0.1, 0.15) is 32.2 Å². The van der Waals surface area contributed by atoms with Crippen LogP contribution in [-0.2, 0) is 16.8 Å². The van der Waals surface area contributed by atoms with Crippen molar-refractivity contribution in [2.24, 2.45) is 0 Å². The lowest BCUT2D eigenvalue weighted by Crippen LogP contribution is -2.15. The Morgan fingerprint density at radius 2 is 1.93 bits per heavy atom. The quantitative estimate of drug-likeness (QED) is 0.557. The molecule has 1 rings (SSSR count). The fourth-order valence-corrected chi connectivity index (χ4v) is 1.04. The number of ether oxygens (including phenoxy) is 1. The van der Waals surface area contributed by atoms with Crippen molar-refractivity contribution in [3.8, 4) is 12.3 Å². The maximum Gasteiger partial charge on any atom is 0.133 e. The van der Waals surface area contributed by atoms with E-state index < -0.39 is 0 Å². The Balaban J connectivity index is 2.61. The van der Waals surface area contributed by atoms with Crippen molar-refractivity contribution in [3.05, 3.63) is 23.8 Å². The van der Waals surface area contributed by atoms with Gasteiger partial charge in [-0.15, -0.1) is 6.42 Å². The molecule has 1 aromatic heterocycles. The van der Waals surface area contributed by atoms with Crippen molar-refractivity contribution in [2.45, 2.75) is 32.8 Å². The predicted octanol–water partition coefficient (Wildman–Crippen LogP) is 1.92. The van der Waals surface area contributed by atoms with E-state index in [1.54, 1.807) is 12.4 Å². The number of hydrogen-bond donors (Lipinski definition) is 0. The lowest BCUT2D eigenvalue weighted by Gasteiger charge is -2.15. The maximum atomic E-state index is 5.18. The summed E-state index contributed by atoms with van der Waals surface area (Å²) < 4.78 is 5.18. The number of nitrogens with zero attached hydrogens (tertiary/aromatic N) is 2. The molecule has 15 heavy (non-hydrogen) atoms. The molecule has 0 N–H and O–H groups in total. The van der Waals surface area contributed by atoms with E-state index in [2.05, 4.69) is 36.7 Å². The van der Waals surface area contributed by atoms with Crippen LogP contribution in [0.25, 0.3) is 0 Å². The third-order valence-corrected chi connectivity index (χ3v) is 1.83. The van der Waals surface area contributed by atoms with Crippen molar-refractivity contribution in [2.75, 3.05) is 6.61 Å². The van der Waals surface area contributed by atoms with E-state index in [1.165, 1.54) is 0 Å². The first kappa shape index (κ1) is 11.7. The van der Waals surface area contributed by atoms with Crippen LogP contribution >= 0.6 is 0 Å². The molecule has 0 saturated carbocycles. The van der Waals surface area contributed by atoms with E-state index in [-0.39, 0.29) is 5.41 Å². The van der Waals surface area contributed by atoms with Gasteiger partial charge in [-0.1, -0.05) is 26.7 Å². The van der Waals surface area contributed by atoms with Crippen molar-refractivity contribution >= 4 is 0 Å². The summed E-state index contributed by atoms with van der Waals surface area (Å²) in [5.41, 5.74) is 0.927. The van der Waals surface area contributed by atoms with Gasteiger partial charge in [-0.05, 0) is 0 Å². The largest absolute Gasteiger partial charge is 0.364 e. The Labute approximate surface area is 90.9 Å². The molecule has 0 bridgehead atoms. The second-order valence-corrected chi connectivity index (χ2v) is 4.36. The number of aromatic nitrogens is 2. The third-order valence-electron chi connectivity index (χ3n) is 1.83. The van der Waals surface area contributed by atoms with Crippen molar-refractivity contribution in [1.82, 2.24) is 9.97 Å². The summed E-state index contributed by atoms with van der Waals surface area (Å²) in [5, 5.41) is 0. The molecule has 0 atom stereocenters. The van der Waals surface area contributed by atoms with Gasteiger partial charge in [0.15, 0.2) is 0 Å². The SMILES string of the molecule is C#CCOCc1cnc(C(C)(C)C)nc1. The van der Waals surface area contributed by atoms with E-state index >= 15 is 0 Å². The van der Waals surface area contributed by atoms with Crippen LogP contribution < -0.4 is 0 Å². The van der Waals surface area contributed by atoms with Crippen molar-refractivity contribution < 1.29 is 4.74 Å². The van der Waals surface area contributed by atoms with Gasteiger partial charge < -0.3 is 4.74 Å². The van der Waals surface area contributed by atoms with Gasteiger partial charge in [0.2, 0.25) is 0 Å². The standard InChI is InChI=1S/C12H16N2O/c1-5-6-15-9-10-7-13-11(14-8-10)12(2,3)4/h1,7-8H,6,9H2,2-4H3. The zero-order valence-corrected chi connectivity index (χ0v) is 9.45.